The molecule has 1 heterocycles. The molecule has 0 saturated carbocycles. The van der Waals surface area contributed by atoms with Gasteiger partial charge in [0.1, 0.15) is 5.54 Å². The number of carboxylic acid groups (broad SMARTS) is 1. The SMILES string of the molecule is CCCC(C)(NC(=O)NCC1(C)CCCO1)C(=O)O. The molecule has 2 amide bonds. The van der Waals surface area contributed by atoms with Crippen LogP contribution in [0.5, 0.6) is 0 Å². The van der Waals surface area contributed by atoms with Crippen LogP contribution >= 0.6 is 0 Å². The molecule has 0 aromatic heterocycles. The number of carbonyl (C=O) groups is 2. The van der Waals surface area contributed by atoms with Crippen molar-refractivity contribution in [3.63, 3.8) is 0 Å². The third-order valence-electron chi connectivity index (χ3n) is 3.53. The van der Waals surface area contributed by atoms with Crippen LogP contribution in [0.1, 0.15) is 46.5 Å². The van der Waals surface area contributed by atoms with Crippen molar-refractivity contribution in [3.8, 4) is 0 Å². The lowest BCUT2D eigenvalue weighted by atomic mass is 9.96. The van der Waals surface area contributed by atoms with Gasteiger partial charge in [-0.15, -0.1) is 0 Å². The van der Waals surface area contributed by atoms with Crippen molar-refractivity contribution < 1.29 is 19.4 Å². The van der Waals surface area contributed by atoms with Crippen molar-refractivity contribution in [2.75, 3.05) is 13.2 Å². The van der Waals surface area contributed by atoms with E-state index in [9.17, 15) is 14.7 Å². The maximum atomic E-state index is 11.8. The number of nitrogens with one attached hydrogen (secondary N) is 2. The Morgan fingerprint density at radius 3 is 2.63 bits per heavy atom. The fraction of sp³-hybridized carbons (Fsp3) is 0.846. The van der Waals surface area contributed by atoms with Gasteiger partial charge in [0, 0.05) is 13.2 Å². The normalized spacial score (nSPS) is 25.6. The average Bonchev–Trinajstić information content (AvgIpc) is 2.74. The Bertz CT molecular complexity index is 340. The summed E-state index contributed by atoms with van der Waals surface area (Å²) in [7, 11) is 0. The lowest BCUT2D eigenvalue weighted by Gasteiger charge is -2.28. The molecule has 0 aliphatic carbocycles. The van der Waals surface area contributed by atoms with Gasteiger partial charge in [0.2, 0.25) is 0 Å². The molecule has 0 bridgehead atoms. The summed E-state index contributed by atoms with van der Waals surface area (Å²) in [6, 6.07) is -0.463. The van der Waals surface area contributed by atoms with Crippen molar-refractivity contribution in [3.05, 3.63) is 0 Å². The Balaban J connectivity index is 2.47. The van der Waals surface area contributed by atoms with Crippen molar-refractivity contribution >= 4 is 12.0 Å². The minimum Gasteiger partial charge on any atom is -0.480 e. The van der Waals surface area contributed by atoms with E-state index < -0.39 is 17.5 Å². The van der Waals surface area contributed by atoms with Crippen molar-refractivity contribution in [1.29, 1.82) is 0 Å². The highest BCUT2D eigenvalue weighted by atomic mass is 16.5. The van der Waals surface area contributed by atoms with Crippen molar-refractivity contribution in [2.24, 2.45) is 0 Å². The molecule has 0 aromatic carbocycles. The summed E-state index contributed by atoms with van der Waals surface area (Å²) in [6.45, 7) is 6.45. The monoisotopic (exact) mass is 272 g/mol. The van der Waals surface area contributed by atoms with Crippen LogP contribution in [0.2, 0.25) is 0 Å². The quantitative estimate of drug-likeness (QED) is 0.683. The van der Waals surface area contributed by atoms with E-state index in [0.29, 0.717) is 26.0 Å². The minimum atomic E-state index is -1.23. The second-order valence-electron chi connectivity index (χ2n) is 5.60. The summed E-state index contributed by atoms with van der Waals surface area (Å²) < 4.78 is 5.56. The third kappa shape index (κ3) is 4.38. The minimum absolute atomic E-state index is 0.332. The summed E-state index contributed by atoms with van der Waals surface area (Å²) in [6.07, 6.45) is 2.97. The van der Waals surface area contributed by atoms with Crippen molar-refractivity contribution in [1.82, 2.24) is 10.6 Å². The van der Waals surface area contributed by atoms with Crippen LogP contribution in [0.25, 0.3) is 0 Å². The lowest BCUT2D eigenvalue weighted by Crippen LogP contribution is -2.56. The standard InChI is InChI=1S/C13H24N2O4/c1-4-6-13(3,10(16)17)15-11(18)14-9-12(2)7-5-8-19-12/h4-9H2,1-3H3,(H,16,17)(H2,14,15,18). The molecular formula is C13H24N2O4. The molecule has 2 unspecified atom stereocenters. The zero-order valence-electron chi connectivity index (χ0n) is 11.9. The van der Waals surface area contributed by atoms with Crippen LogP contribution in [0.3, 0.4) is 0 Å². The van der Waals surface area contributed by atoms with E-state index in [-0.39, 0.29) is 5.60 Å². The molecule has 110 valence electrons. The van der Waals surface area contributed by atoms with Crippen LogP contribution in [-0.4, -0.2) is 41.4 Å². The van der Waals surface area contributed by atoms with Gasteiger partial charge in [-0.2, -0.15) is 0 Å². The smallest absolute Gasteiger partial charge is 0.329 e. The molecule has 0 spiro atoms. The van der Waals surface area contributed by atoms with Crippen LogP contribution in [0.4, 0.5) is 4.79 Å². The fourth-order valence-electron chi connectivity index (χ4n) is 2.26. The lowest BCUT2D eigenvalue weighted by molar-refractivity contribution is -0.144. The molecule has 1 fully saturated rings. The zero-order chi connectivity index (χ0) is 14.5. The van der Waals surface area contributed by atoms with Gasteiger partial charge in [0.15, 0.2) is 0 Å². The van der Waals surface area contributed by atoms with Crippen LogP contribution in [0.15, 0.2) is 0 Å². The molecule has 2 atom stereocenters. The summed E-state index contributed by atoms with van der Waals surface area (Å²) in [4.78, 5) is 23.0. The number of hydrogen-bond donors (Lipinski definition) is 3. The largest absolute Gasteiger partial charge is 0.480 e. The van der Waals surface area contributed by atoms with Gasteiger partial charge in [0.05, 0.1) is 5.60 Å². The van der Waals surface area contributed by atoms with Gasteiger partial charge in [0.25, 0.3) is 0 Å². The molecule has 1 aliphatic heterocycles. The first kappa shape index (κ1) is 15.8. The Labute approximate surface area is 113 Å². The number of urea groups is 1. The molecule has 19 heavy (non-hydrogen) atoms. The molecule has 1 saturated heterocycles. The topological polar surface area (TPSA) is 87.7 Å². The van der Waals surface area contributed by atoms with Crippen LogP contribution in [-0.2, 0) is 9.53 Å². The van der Waals surface area contributed by atoms with E-state index in [1.807, 2.05) is 13.8 Å². The van der Waals surface area contributed by atoms with E-state index in [1.165, 1.54) is 6.92 Å². The molecule has 0 aromatic rings. The second kappa shape index (κ2) is 6.23. The number of carboxylic acids is 1. The van der Waals surface area contributed by atoms with Gasteiger partial charge in [-0.3, -0.25) is 0 Å². The van der Waals surface area contributed by atoms with E-state index in [4.69, 9.17) is 4.74 Å². The Morgan fingerprint density at radius 1 is 1.47 bits per heavy atom. The second-order valence-corrected chi connectivity index (χ2v) is 5.60. The Hall–Kier alpha value is -1.30. The first-order valence-corrected chi connectivity index (χ1v) is 6.75. The number of rotatable bonds is 6. The molecule has 6 heteroatoms. The Kier molecular flexibility index (Phi) is 5.17. The summed E-state index contributed by atoms with van der Waals surface area (Å²) in [5.74, 6) is -1.02. The molecule has 3 N–H and O–H groups in total. The van der Waals surface area contributed by atoms with E-state index in [0.717, 1.165) is 12.8 Å². The zero-order valence-corrected chi connectivity index (χ0v) is 11.9. The number of hydrogen-bond acceptors (Lipinski definition) is 3. The molecule has 1 rings (SSSR count). The van der Waals surface area contributed by atoms with E-state index in [1.54, 1.807) is 0 Å². The van der Waals surface area contributed by atoms with Gasteiger partial charge >= 0.3 is 12.0 Å². The highest BCUT2D eigenvalue weighted by molar-refractivity contribution is 5.85. The van der Waals surface area contributed by atoms with Gasteiger partial charge in [-0.05, 0) is 33.1 Å². The Morgan fingerprint density at radius 2 is 2.16 bits per heavy atom. The third-order valence-corrected chi connectivity index (χ3v) is 3.53. The fourth-order valence-corrected chi connectivity index (χ4v) is 2.26. The predicted octanol–water partition coefficient (Wildman–Crippen LogP) is 1.50. The molecular weight excluding hydrogens is 248 g/mol. The van der Waals surface area contributed by atoms with Crippen LogP contribution in [0, 0.1) is 0 Å². The highest BCUT2D eigenvalue weighted by Crippen LogP contribution is 2.23. The van der Waals surface area contributed by atoms with E-state index >= 15 is 0 Å². The predicted molar refractivity (Wildman–Crippen MR) is 71.1 cm³/mol. The highest BCUT2D eigenvalue weighted by Gasteiger charge is 2.35. The average molecular weight is 272 g/mol. The molecule has 0 radical (unpaired) electrons. The maximum absolute atomic E-state index is 11.8. The molecule has 6 nitrogen and oxygen atoms in total. The molecule has 1 aliphatic rings. The van der Waals surface area contributed by atoms with Gasteiger partial charge < -0.3 is 20.5 Å². The summed E-state index contributed by atoms with van der Waals surface area (Å²) >= 11 is 0. The number of carbonyl (C=O) groups excluding carboxylic acids is 1. The summed E-state index contributed by atoms with van der Waals surface area (Å²) in [5.41, 5.74) is -1.56. The first-order valence-electron chi connectivity index (χ1n) is 6.75. The number of amides is 2. The van der Waals surface area contributed by atoms with E-state index in [2.05, 4.69) is 10.6 Å². The maximum Gasteiger partial charge on any atom is 0.329 e. The number of ether oxygens (including phenoxy) is 1. The van der Waals surface area contributed by atoms with Gasteiger partial charge in [-0.25, -0.2) is 9.59 Å². The van der Waals surface area contributed by atoms with Gasteiger partial charge in [-0.1, -0.05) is 13.3 Å². The number of aliphatic carboxylic acids is 1. The summed E-state index contributed by atoms with van der Waals surface area (Å²) in [5, 5.41) is 14.4. The van der Waals surface area contributed by atoms with Crippen LogP contribution < -0.4 is 10.6 Å². The first-order chi connectivity index (χ1) is 8.81. The van der Waals surface area contributed by atoms with Crippen molar-refractivity contribution in [2.45, 2.75) is 57.6 Å².